The molecule has 1 aromatic carbocycles. The molecule has 0 aliphatic heterocycles. The summed E-state index contributed by atoms with van der Waals surface area (Å²) < 4.78 is 0. The first-order chi connectivity index (χ1) is 9.60. The van der Waals surface area contributed by atoms with E-state index in [1.807, 2.05) is 0 Å². The Morgan fingerprint density at radius 2 is 2.10 bits per heavy atom. The van der Waals surface area contributed by atoms with Crippen LogP contribution < -0.4 is 5.32 Å². The van der Waals surface area contributed by atoms with E-state index in [0.717, 1.165) is 6.20 Å². The van der Waals surface area contributed by atoms with Crippen LogP contribution in [0.4, 0.5) is 17.3 Å². The molecule has 0 radical (unpaired) electrons. The molecule has 0 saturated carbocycles. The van der Waals surface area contributed by atoms with Gasteiger partial charge in [-0.2, -0.15) is 10.2 Å². The van der Waals surface area contributed by atoms with E-state index in [1.165, 1.54) is 0 Å². The number of aromatic nitrogens is 2. The quantitative estimate of drug-likeness (QED) is 0.303. The minimum atomic E-state index is -0.633. The number of thiocyanates is 1. The highest BCUT2D eigenvalue weighted by atomic mass is 35.5. The molecule has 0 aliphatic carbocycles. The van der Waals surface area contributed by atoms with Crippen LogP contribution >= 0.6 is 23.4 Å². The Labute approximate surface area is 122 Å². The number of nitrogens with one attached hydrogen (secondary N) is 1. The highest BCUT2D eigenvalue weighted by Gasteiger charge is 2.17. The van der Waals surface area contributed by atoms with Gasteiger partial charge in [-0.1, -0.05) is 11.6 Å². The van der Waals surface area contributed by atoms with Crippen LogP contribution in [0.2, 0.25) is 5.02 Å². The average Bonchev–Trinajstić information content (AvgIpc) is 2.42. The van der Waals surface area contributed by atoms with Gasteiger partial charge in [-0.15, -0.1) is 0 Å². The van der Waals surface area contributed by atoms with E-state index in [9.17, 15) is 10.1 Å². The molecule has 2 rings (SSSR count). The normalized spacial score (nSPS) is 9.80. The maximum absolute atomic E-state index is 10.8. The Morgan fingerprint density at radius 3 is 2.70 bits per heavy atom. The zero-order valence-corrected chi connectivity index (χ0v) is 11.4. The van der Waals surface area contributed by atoms with E-state index in [2.05, 4.69) is 15.3 Å². The molecule has 0 atom stereocenters. The number of rotatable bonds is 4. The minimum absolute atomic E-state index is 0.0102. The molecule has 0 amide bonds. The summed E-state index contributed by atoms with van der Waals surface area (Å²) in [6, 6.07) is 6.79. The fourth-order valence-corrected chi connectivity index (χ4v) is 1.90. The molecule has 0 fully saturated rings. The van der Waals surface area contributed by atoms with E-state index in [1.54, 1.807) is 29.7 Å². The molecular weight excluding hydrogens is 302 g/mol. The minimum Gasteiger partial charge on any atom is -0.324 e. The number of benzene rings is 1. The van der Waals surface area contributed by atoms with Crippen LogP contribution in [0.1, 0.15) is 0 Å². The largest absolute Gasteiger partial charge is 0.324 e. The highest BCUT2D eigenvalue weighted by molar-refractivity contribution is 8.03. The summed E-state index contributed by atoms with van der Waals surface area (Å²) in [5.41, 5.74) is 0.370. The molecule has 0 bridgehead atoms. The Morgan fingerprint density at radius 1 is 1.40 bits per heavy atom. The van der Waals surface area contributed by atoms with Gasteiger partial charge in [-0.25, -0.2) is 4.98 Å². The molecule has 0 unspecified atom stereocenters. The van der Waals surface area contributed by atoms with E-state index in [4.69, 9.17) is 16.9 Å². The molecule has 100 valence electrons. The number of hydrogen-bond acceptors (Lipinski definition) is 7. The second kappa shape index (κ2) is 6.18. The SMILES string of the molecule is N#CSc1nc(Nc2ccc(Cl)cc2)ncc1[N+](=O)[O-]. The lowest BCUT2D eigenvalue weighted by molar-refractivity contribution is -0.388. The predicted molar refractivity (Wildman–Crippen MR) is 74.9 cm³/mol. The fourth-order valence-electron chi connectivity index (χ4n) is 1.33. The van der Waals surface area contributed by atoms with Crippen LogP contribution in [0.15, 0.2) is 35.5 Å². The van der Waals surface area contributed by atoms with Crippen LogP contribution in [0, 0.1) is 20.8 Å². The molecule has 7 nitrogen and oxygen atoms in total. The van der Waals surface area contributed by atoms with Crippen LogP contribution in [0.5, 0.6) is 0 Å². The monoisotopic (exact) mass is 307 g/mol. The Hall–Kier alpha value is -2.37. The molecule has 1 heterocycles. The van der Waals surface area contributed by atoms with Crippen molar-refractivity contribution < 1.29 is 4.92 Å². The van der Waals surface area contributed by atoms with Gasteiger partial charge >= 0.3 is 5.69 Å². The first kappa shape index (κ1) is 14.0. The summed E-state index contributed by atoms with van der Waals surface area (Å²) in [5, 5.41) is 24.6. The number of nitrogens with zero attached hydrogens (tertiary/aromatic N) is 4. The van der Waals surface area contributed by atoms with Gasteiger partial charge in [0.15, 0.2) is 5.03 Å². The summed E-state index contributed by atoms with van der Waals surface area (Å²) in [5.74, 6) is 0.163. The highest BCUT2D eigenvalue weighted by Crippen LogP contribution is 2.27. The van der Waals surface area contributed by atoms with Crippen molar-refractivity contribution in [2.24, 2.45) is 0 Å². The standard InChI is InChI=1S/C11H6ClN5O2S/c12-7-1-3-8(4-2-7)15-11-14-5-9(17(18)19)10(16-11)20-6-13/h1-5H,(H,14,15,16). The van der Waals surface area contributed by atoms with Crippen LogP contribution in [0.25, 0.3) is 0 Å². The van der Waals surface area contributed by atoms with Crippen LogP contribution in [-0.4, -0.2) is 14.9 Å². The molecule has 0 spiro atoms. The van der Waals surface area contributed by atoms with Gasteiger partial charge in [0.2, 0.25) is 5.95 Å². The van der Waals surface area contributed by atoms with E-state index < -0.39 is 4.92 Å². The second-order valence-corrected chi connectivity index (χ2v) is 4.68. The van der Waals surface area contributed by atoms with Crippen LogP contribution in [-0.2, 0) is 0 Å². The van der Waals surface area contributed by atoms with Gasteiger partial charge in [0, 0.05) is 22.5 Å². The zero-order valence-electron chi connectivity index (χ0n) is 9.78. The summed E-state index contributed by atoms with van der Waals surface area (Å²) in [4.78, 5) is 17.9. The topological polar surface area (TPSA) is 105 Å². The third-order valence-corrected chi connectivity index (χ3v) is 3.01. The molecule has 20 heavy (non-hydrogen) atoms. The Balaban J connectivity index is 2.29. The van der Waals surface area contributed by atoms with E-state index in [-0.39, 0.29) is 16.7 Å². The lowest BCUT2D eigenvalue weighted by Crippen LogP contribution is -2.01. The molecule has 0 saturated heterocycles. The number of anilines is 2. The van der Waals surface area contributed by atoms with Crippen molar-refractivity contribution in [1.82, 2.24) is 9.97 Å². The summed E-state index contributed by atoms with van der Waals surface area (Å²) in [7, 11) is 0. The smallest absolute Gasteiger partial charge is 0.320 e. The van der Waals surface area contributed by atoms with Gasteiger partial charge in [-0.05, 0) is 24.3 Å². The number of hydrogen-bond donors (Lipinski definition) is 1. The van der Waals surface area contributed by atoms with E-state index >= 15 is 0 Å². The second-order valence-electron chi connectivity index (χ2n) is 3.47. The van der Waals surface area contributed by atoms with Crippen molar-refractivity contribution in [3.63, 3.8) is 0 Å². The van der Waals surface area contributed by atoms with Crippen molar-refractivity contribution >= 4 is 40.7 Å². The molecule has 0 aliphatic rings. The summed E-state index contributed by atoms with van der Waals surface area (Å²) >= 11 is 6.37. The molecular formula is C11H6ClN5O2S. The van der Waals surface area contributed by atoms with Gasteiger partial charge in [0.1, 0.15) is 11.6 Å². The first-order valence-corrected chi connectivity index (χ1v) is 6.39. The van der Waals surface area contributed by atoms with E-state index in [0.29, 0.717) is 22.5 Å². The molecule has 1 aromatic heterocycles. The summed E-state index contributed by atoms with van der Waals surface area (Å²) in [6.45, 7) is 0. The lowest BCUT2D eigenvalue weighted by atomic mass is 10.3. The van der Waals surface area contributed by atoms with Crippen molar-refractivity contribution in [3.05, 3.63) is 45.6 Å². The third-order valence-electron chi connectivity index (χ3n) is 2.18. The van der Waals surface area contributed by atoms with Gasteiger partial charge < -0.3 is 5.32 Å². The number of halogens is 1. The molecule has 2 aromatic rings. The van der Waals surface area contributed by atoms with Crippen molar-refractivity contribution in [2.45, 2.75) is 5.03 Å². The van der Waals surface area contributed by atoms with Crippen molar-refractivity contribution in [2.75, 3.05) is 5.32 Å². The lowest BCUT2D eigenvalue weighted by Gasteiger charge is -2.05. The van der Waals surface area contributed by atoms with Gasteiger partial charge in [-0.3, -0.25) is 10.1 Å². The maximum atomic E-state index is 10.8. The van der Waals surface area contributed by atoms with Gasteiger partial charge in [0.05, 0.1) is 4.92 Å². The van der Waals surface area contributed by atoms with Crippen molar-refractivity contribution in [1.29, 1.82) is 5.26 Å². The Kier molecular flexibility index (Phi) is 4.34. The van der Waals surface area contributed by atoms with Crippen molar-refractivity contribution in [3.8, 4) is 5.40 Å². The molecule has 1 N–H and O–H groups in total. The zero-order chi connectivity index (χ0) is 14.5. The molecule has 9 heteroatoms. The maximum Gasteiger partial charge on any atom is 0.320 e. The van der Waals surface area contributed by atoms with Crippen LogP contribution in [0.3, 0.4) is 0 Å². The summed E-state index contributed by atoms with van der Waals surface area (Å²) in [6.07, 6.45) is 1.06. The third kappa shape index (κ3) is 3.34. The number of nitriles is 1. The number of thioether (sulfide) groups is 1. The Bertz CT molecular complexity index is 686. The average molecular weight is 308 g/mol. The number of nitro groups is 1. The predicted octanol–water partition coefficient (Wildman–Crippen LogP) is 3.35. The first-order valence-electron chi connectivity index (χ1n) is 5.20. The van der Waals surface area contributed by atoms with Gasteiger partial charge in [0.25, 0.3) is 0 Å². The fraction of sp³-hybridized carbons (Fsp3) is 0.